The van der Waals surface area contributed by atoms with Gasteiger partial charge in [-0.3, -0.25) is 14.4 Å². The highest BCUT2D eigenvalue weighted by Crippen LogP contribution is 2.18. The molecule has 6 heteroatoms. The fourth-order valence-electron chi connectivity index (χ4n) is 9.05. The van der Waals surface area contributed by atoms with Gasteiger partial charge in [-0.25, -0.2) is 0 Å². The number of esters is 3. The molecule has 0 rings (SSSR count). The number of hydrogen-bond acceptors (Lipinski definition) is 6. The molecule has 0 aromatic carbocycles. The third-order valence-corrected chi connectivity index (χ3v) is 13.5. The standard InChI is InChI=1S/C59H114O6/c1-6-7-8-9-10-11-12-13-16-21-24-31-36-41-46-51-59(62)65-56(53-64-58(61)50-45-40-35-30-26-25-28-33-38-43-48-55(4)5)52-63-57(60)49-44-39-34-29-23-20-18-15-14-17-19-22-27-32-37-42-47-54(2)3/h54-56H,6-53H2,1-5H3/t56-/m1/s1. The summed E-state index contributed by atoms with van der Waals surface area (Å²) in [4.78, 5) is 38.1. The smallest absolute Gasteiger partial charge is 0.306 e. The summed E-state index contributed by atoms with van der Waals surface area (Å²) in [5.74, 6) is 0.833. The summed E-state index contributed by atoms with van der Waals surface area (Å²) in [5, 5.41) is 0. The van der Waals surface area contributed by atoms with Gasteiger partial charge in [0.15, 0.2) is 6.10 Å². The van der Waals surface area contributed by atoms with E-state index < -0.39 is 6.10 Å². The predicted octanol–water partition coefficient (Wildman–Crippen LogP) is 19.3. The van der Waals surface area contributed by atoms with Crippen molar-refractivity contribution in [2.24, 2.45) is 11.8 Å². The third-order valence-electron chi connectivity index (χ3n) is 13.5. The Morgan fingerprint density at radius 3 is 0.754 bits per heavy atom. The third kappa shape index (κ3) is 53.2. The van der Waals surface area contributed by atoms with E-state index in [0.29, 0.717) is 19.3 Å². The van der Waals surface area contributed by atoms with Crippen molar-refractivity contribution in [3.63, 3.8) is 0 Å². The zero-order valence-corrected chi connectivity index (χ0v) is 44.6. The highest BCUT2D eigenvalue weighted by atomic mass is 16.6. The maximum Gasteiger partial charge on any atom is 0.306 e. The van der Waals surface area contributed by atoms with Crippen LogP contribution in [0.5, 0.6) is 0 Å². The van der Waals surface area contributed by atoms with Crippen molar-refractivity contribution in [3.05, 3.63) is 0 Å². The minimum absolute atomic E-state index is 0.0626. The van der Waals surface area contributed by atoms with Crippen molar-refractivity contribution in [1.82, 2.24) is 0 Å². The molecule has 0 aromatic rings. The molecule has 0 saturated carbocycles. The van der Waals surface area contributed by atoms with Crippen molar-refractivity contribution in [2.45, 2.75) is 336 Å². The van der Waals surface area contributed by atoms with Crippen LogP contribution in [0.25, 0.3) is 0 Å². The van der Waals surface area contributed by atoms with E-state index in [4.69, 9.17) is 14.2 Å². The Morgan fingerprint density at radius 1 is 0.292 bits per heavy atom. The van der Waals surface area contributed by atoms with Gasteiger partial charge >= 0.3 is 17.9 Å². The molecule has 0 heterocycles. The lowest BCUT2D eigenvalue weighted by atomic mass is 10.0. The molecule has 0 aliphatic rings. The maximum absolute atomic E-state index is 12.8. The molecular weight excluding hydrogens is 805 g/mol. The second-order valence-electron chi connectivity index (χ2n) is 21.2. The van der Waals surface area contributed by atoms with E-state index in [9.17, 15) is 14.4 Å². The van der Waals surface area contributed by atoms with Gasteiger partial charge in [-0.2, -0.15) is 0 Å². The van der Waals surface area contributed by atoms with E-state index in [1.165, 1.54) is 218 Å². The van der Waals surface area contributed by atoms with Crippen molar-refractivity contribution >= 4 is 17.9 Å². The second kappa shape index (κ2) is 51.8. The maximum atomic E-state index is 12.8. The molecule has 0 aliphatic carbocycles. The summed E-state index contributed by atoms with van der Waals surface area (Å²) in [6.07, 6.45) is 55.2. The Bertz CT molecular complexity index is 993. The molecule has 65 heavy (non-hydrogen) atoms. The zero-order valence-electron chi connectivity index (χ0n) is 44.6. The van der Waals surface area contributed by atoms with E-state index in [1.54, 1.807) is 0 Å². The van der Waals surface area contributed by atoms with Crippen LogP contribution >= 0.6 is 0 Å². The minimum Gasteiger partial charge on any atom is -0.462 e. The first-order valence-corrected chi connectivity index (χ1v) is 29.2. The van der Waals surface area contributed by atoms with Gasteiger partial charge in [0.2, 0.25) is 0 Å². The molecule has 1 atom stereocenters. The summed E-state index contributed by atoms with van der Waals surface area (Å²) in [7, 11) is 0. The van der Waals surface area contributed by atoms with Crippen molar-refractivity contribution in [3.8, 4) is 0 Å². The van der Waals surface area contributed by atoms with Crippen molar-refractivity contribution in [1.29, 1.82) is 0 Å². The number of rotatable bonds is 53. The summed E-state index contributed by atoms with van der Waals surface area (Å²) < 4.78 is 16.9. The molecule has 6 nitrogen and oxygen atoms in total. The van der Waals surface area contributed by atoms with Crippen LogP contribution in [0.15, 0.2) is 0 Å². The van der Waals surface area contributed by atoms with E-state index in [-0.39, 0.29) is 31.1 Å². The molecule has 0 spiro atoms. The van der Waals surface area contributed by atoms with Crippen LogP contribution in [0, 0.1) is 11.8 Å². The lowest BCUT2D eigenvalue weighted by molar-refractivity contribution is -0.167. The first-order valence-electron chi connectivity index (χ1n) is 29.2. The zero-order chi connectivity index (χ0) is 47.5. The first-order chi connectivity index (χ1) is 31.7. The average molecular weight is 920 g/mol. The lowest BCUT2D eigenvalue weighted by Crippen LogP contribution is -2.30. The van der Waals surface area contributed by atoms with Crippen LogP contribution < -0.4 is 0 Å². The van der Waals surface area contributed by atoms with Gasteiger partial charge in [0.1, 0.15) is 13.2 Å². The molecule has 0 aromatic heterocycles. The van der Waals surface area contributed by atoms with Gasteiger partial charge in [0.05, 0.1) is 0 Å². The minimum atomic E-state index is -0.762. The molecule has 0 radical (unpaired) electrons. The quantitative estimate of drug-likeness (QED) is 0.0344. The largest absolute Gasteiger partial charge is 0.462 e. The molecule has 386 valence electrons. The van der Waals surface area contributed by atoms with Crippen LogP contribution in [-0.4, -0.2) is 37.2 Å². The van der Waals surface area contributed by atoms with Crippen LogP contribution in [0.3, 0.4) is 0 Å². The van der Waals surface area contributed by atoms with Crippen molar-refractivity contribution < 1.29 is 28.6 Å². The molecule has 0 fully saturated rings. The molecule has 0 N–H and O–H groups in total. The highest BCUT2D eigenvalue weighted by Gasteiger charge is 2.19. The highest BCUT2D eigenvalue weighted by molar-refractivity contribution is 5.71. The van der Waals surface area contributed by atoms with E-state index >= 15 is 0 Å². The van der Waals surface area contributed by atoms with Gasteiger partial charge in [0.25, 0.3) is 0 Å². The number of unbranched alkanes of at least 4 members (excludes halogenated alkanes) is 38. The van der Waals surface area contributed by atoms with Gasteiger partial charge < -0.3 is 14.2 Å². The van der Waals surface area contributed by atoms with E-state index in [1.807, 2.05) is 0 Å². The lowest BCUT2D eigenvalue weighted by Gasteiger charge is -2.18. The van der Waals surface area contributed by atoms with Crippen molar-refractivity contribution in [2.75, 3.05) is 13.2 Å². The molecule has 0 saturated heterocycles. The Kier molecular flexibility index (Phi) is 50.5. The molecule has 0 bridgehead atoms. The Morgan fingerprint density at radius 2 is 0.508 bits per heavy atom. The number of carbonyl (C=O) groups excluding carboxylic acids is 3. The Labute approximate surface area is 406 Å². The molecule has 0 unspecified atom stereocenters. The van der Waals surface area contributed by atoms with Gasteiger partial charge in [0, 0.05) is 19.3 Å². The van der Waals surface area contributed by atoms with E-state index in [2.05, 4.69) is 34.6 Å². The summed E-state index contributed by atoms with van der Waals surface area (Å²) in [6.45, 7) is 11.4. The Balaban J connectivity index is 4.27. The SMILES string of the molecule is CCCCCCCCCCCCCCCCCC(=O)O[C@H](COC(=O)CCCCCCCCCCCCCCCCCCC(C)C)COC(=O)CCCCCCCCCCCCC(C)C. The summed E-state index contributed by atoms with van der Waals surface area (Å²) >= 11 is 0. The number of hydrogen-bond donors (Lipinski definition) is 0. The number of carbonyl (C=O) groups is 3. The van der Waals surface area contributed by atoms with Crippen LogP contribution in [0.2, 0.25) is 0 Å². The fourth-order valence-corrected chi connectivity index (χ4v) is 9.05. The topological polar surface area (TPSA) is 78.9 Å². The summed E-state index contributed by atoms with van der Waals surface area (Å²) in [5.41, 5.74) is 0. The average Bonchev–Trinajstić information content (AvgIpc) is 3.28. The first kappa shape index (κ1) is 63.4. The summed E-state index contributed by atoms with van der Waals surface area (Å²) in [6, 6.07) is 0. The van der Waals surface area contributed by atoms with Gasteiger partial charge in [-0.1, -0.05) is 291 Å². The monoisotopic (exact) mass is 919 g/mol. The second-order valence-corrected chi connectivity index (χ2v) is 21.2. The predicted molar refractivity (Wildman–Crippen MR) is 280 cm³/mol. The molecule has 0 amide bonds. The van der Waals surface area contributed by atoms with E-state index in [0.717, 1.165) is 69.6 Å². The molecular formula is C59H114O6. The fraction of sp³-hybridized carbons (Fsp3) is 0.949. The van der Waals surface area contributed by atoms with Crippen LogP contribution in [0.4, 0.5) is 0 Å². The number of ether oxygens (including phenoxy) is 3. The molecule has 0 aliphatic heterocycles. The van der Waals surface area contributed by atoms with Gasteiger partial charge in [-0.15, -0.1) is 0 Å². The van der Waals surface area contributed by atoms with Crippen LogP contribution in [0.1, 0.15) is 330 Å². The Hall–Kier alpha value is -1.59. The normalized spacial score (nSPS) is 12.0. The van der Waals surface area contributed by atoms with Gasteiger partial charge in [-0.05, 0) is 31.1 Å². The van der Waals surface area contributed by atoms with Crippen LogP contribution in [-0.2, 0) is 28.6 Å².